The zero-order valence-corrected chi connectivity index (χ0v) is 11.8. The van der Waals surface area contributed by atoms with Crippen LogP contribution in [0.3, 0.4) is 0 Å². The maximum atomic E-state index is 12.0. The molecule has 1 saturated heterocycles. The first-order chi connectivity index (χ1) is 7.58. The number of nitrogens with one attached hydrogen (secondary N) is 1. The molecule has 0 aromatic heterocycles. The molecule has 0 spiro atoms. The standard InChI is InChI=1S/C9H20N2O4S2/c1-9(2,7-10)11-17(14,15)8-3-5-16(12,13)6-4-8/h8,11H,3-7,10H2,1-2H3. The van der Waals surface area contributed by atoms with E-state index in [-0.39, 0.29) is 30.9 Å². The Morgan fingerprint density at radius 1 is 1.29 bits per heavy atom. The molecule has 1 aliphatic rings. The summed E-state index contributed by atoms with van der Waals surface area (Å²) in [4.78, 5) is 0. The first-order valence-corrected chi connectivity index (χ1v) is 8.88. The number of hydrogen-bond donors (Lipinski definition) is 2. The van der Waals surface area contributed by atoms with Gasteiger partial charge in [-0.15, -0.1) is 0 Å². The van der Waals surface area contributed by atoms with Crippen LogP contribution in [0.25, 0.3) is 0 Å². The van der Waals surface area contributed by atoms with Crippen molar-refractivity contribution in [2.75, 3.05) is 18.1 Å². The lowest BCUT2D eigenvalue weighted by Gasteiger charge is -2.29. The molecule has 102 valence electrons. The zero-order chi connectivity index (χ0) is 13.3. The van der Waals surface area contributed by atoms with Gasteiger partial charge >= 0.3 is 0 Å². The minimum atomic E-state index is -3.50. The summed E-state index contributed by atoms with van der Waals surface area (Å²) < 4.78 is 49.0. The maximum Gasteiger partial charge on any atom is 0.215 e. The summed E-state index contributed by atoms with van der Waals surface area (Å²) in [7, 11) is -6.54. The molecule has 17 heavy (non-hydrogen) atoms. The highest BCUT2D eigenvalue weighted by atomic mass is 32.2. The highest BCUT2D eigenvalue weighted by Crippen LogP contribution is 2.20. The minimum absolute atomic E-state index is 0.0539. The summed E-state index contributed by atoms with van der Waals surface area (Å²) in [5, 5.41) is -0.628. The van der Waals surface area contributed by atoms with Crippen molar-refractivity contribution in [1.29, 1.82) is 0 Å². The van der Waals surface area contributed by atoms with Gasteiger partial charge in [-0.1, -0.05) is 0 Å². The molecular formula is C9H20N2O4S2. The second-order valence-corrected chi connectivity index (χ2v) is 9.35. The van der Waals surface area contributed by atoms with Crippen molar-refractivity contribution in [2.24, 2.45) is 5.73 Å². The Bertz CT molecular complexity index is 453. The number of nitrogens with two attached hydrogens (primary N) is 1. The van der Waals surface area contributed by atoms with Gasteiger partial charge in [-0.25, -0.2) is 21.6 Å². The molecular weight excluding hydrogens is 264 g/mol. The smallest absolute Gasteiger partial charge is 0.215 e. The molecule has 1 heterocycles. The van der Waals surface area contributed by atoms with Gasteiger partial charge in [0.05, 0.1) is 16.8 Å². The van der Waals surface area contributed by atoms with Crippen molar-refractivity contribution in [3.8, 4) is 0 Å². The van der Waals surface area contributed by atoms with E-state index in [2.05, 4.69) is 4.72 Å². The topological polar surface area (TPSA) is 106 Å². The van der Waals surface area contributed by atoms with Gasteiger partial charge in [0.25, 0.3) is 0 Å². The van der Waals surface area contributed by atoms with E-state index in [1.165, 1.54) is 0 Å². The lowest BCUT2D eigenvalue weighted by molar-refractivity contribution is 0.453. The maximum absolute atomic E-state index is 12.0. The Morgan fingerprint density at radius 2 is 1.76 bits per heavy atom. The number of hydrogen-bond acceptors (Lipinski definition) is 5. The number of sulfonamides is 1. The molecule has 8 heteroatoms. The van der Waals surface area contributed by atoms with Crippen molar-refractivity contribution < 1.29 is 16.8 Å². The molecule has 1 rings (SSSR count). The molecule has 1 fully saturated rings. The van der Waals surface area contributed by atoms with Crippen molar-refractivity contribution in [1.82, 2.24) is 4.72 Å². The third kappa shape index (κ3) is 4.20. The molecule has 0 amide bonds. The Labute approximate surface area is 103 Å². The Balaban J connectivity index is 2.74. The fraction of sp³-hybridized carbons (Fsp3) is 1.00. The largest absolute Gasteiger partial charge is 0.329 e. The quantitative estimate of drug-likeness (QED) is 0.704. The van der Waals surface area contributed by atoms with Gasteiger partial charge in [0, 0.05) is 12.1 Å². The average Bonchev–Trinajstić information content (AvgIpc) is 2.15. The normalized spacial score (nSPS) is 22.5. The van der Waals surface area contributed by atoms with E-state index in [0.717, 1.165) is 0 Å². The average molecular weight is 284 g/mol. The van der Waals surface area contributed by atoms with Crippen LogP contribution in [0, 0.1) is 0 Å². The van der Waals surface area contributed by atoms with E-state index >= 15 is 0 Å². The van der Waals surface area contributed by atoms with Crippen LogP contribution < -0.4 is 10.5 Å². The van der Waals surface area contributed by atoms with Crippen LogP contribution in [0.5, 0.6) is 0 Å². The molecule has 0 atom stereocenters. The zero-order valence-electron chi connectivity index (χ0n) is 10.1. The third-order valence-electron chi connectivity index (χ3n) is 2.87. The molecule has 0 unspecified atom stereocenters. The predicted molar refractivity (Wildman–Crippen MR) is 66.9 cm³/mol. The summed E-state index contributed by atoms with van der Waals surface area (Å²) >= 11 is 0. The lowest BCUT2D eigenvalue weighted by atomic mass is 10.1. The van der Waals surface area contributed by atoms with Crippen LogP contribution in [0.2, 0.25) is 0 Å². The Kier molecular flexibility index (Phi) is 4.23. The van der Waals surface area contributed by atoms with Crippen LogP contribution in [-0.2, 0) is 19.9 Å². The molecule has 0 saturated carbocycles. The summed E-state index contributed by atoms with van der Waals surface area (Å²) in [5.41, 5.74) is 4.76. The van der Waals surface area contributed by atoms with Gasteiger partial charge in [-0.2, -0.15) is 0 Å². The van der Waals surface area contributed by atoms with Gasteiger partial charge in [0.2, 0.25) is 10.0 Å². The van der Waals surface area contributed by atoms with Gasteiger partial charge < -0.3 is 5.73 Å². The second kappa shape index (κ2) is 4.83. The highest BCUT2D eigenvalue weighted by molar-refractivity contribution is 7.92. The molecule has 0 aliphatic carbocycles. The number of rotatable bonds is 4. The van der Waals surface area contributed by atoms with E-state index in [9.17, 15) is 16.8 Å². The van der Waals surface area contributed by atoms with Gasteiger partial charge in [-0.05, 0) is 26.7 Å². The number of sulfone groups is 1. The summed E-state index contributed by atoms with van der Waals surface area (Å²) in [6, 6.07) is 0. The van der Waals surface area contributed by atoms with E-state index in [1.54, 1.807) is 13.8 Å². The molecule has 0 bridgehead atoms. The van der Waals surface area contributed by atoms with Crippen molar-refractivity contribution in [3.63, 3.8) is 0 Å². The van der Waals surface area contributed by atoms with E-state index in [4.69, 9.17) is 5.73 Å². The van der Waals surface area contributed by atoms with Crippen LogP contribution in [0.4, 0.5) is 0 Å². The van der Waals surface area contributed by atoms with E-state index < -0.39 is 30.6 Å². The van der Waals surface area contributed by atoms with E-state index in [1.807, 2.05) is 0 Å². The first-order valence-electron chi connectivity index (χ1n) is 5.51. The first kappa shape index (κ1) is 14.9. The van der Waals surface area contributed by atoms with Gasteiger partial charge in [0.1, 0.15) is 9.84 Å². The molecule has 0 radical (unpaired) electrons. The van der Waals surface area contributed by atoms with Crippen molar-refractivity contribution in [3.05, 3.63) is 0 Å². The molecule has 1 aliphatic heterocycles. The lowest BCUT2D eigenvalue weighted by Crippen LogP contribution is -2.52. The van der Waals surface area contributed by atoms with E-state index in [0.29, 0.717) is 0 Å². The fourth-order valence-corrected chi connectivity index (χ4v) is 5.36. The van der Waals surface area contributed by atoms with Crippen molar-refractivity contribution >= 4 is 19.9 Å². The molecule has 0 aromatic rings. The van der Waals surface area contributed by atoms with Gasteiger partial charge in [-0.3, -0.25) is 0 Å². The second-order valence-electron chi connectivity index (χ2n) is 5.09. The highest BCUT2D eigenvalue weighted by Gasteiger charge is 2.35. The minimum Gasteiger partial charge on any atom is -0.329 e. The van der Waals surface area contributed by atoms with Crippen molar-refractivity contribution in [2.45, 2.75) is 37.5 Å². The van der Waals surface area contributed by atoms with Crippen LogP contribution in [0.15, 0.2) is 0 Å². The Morgan fingerprint density at radius 3 is 2.18 bits per heavy atom. The summed E-state index contributed by atoms with van der Waals surface area (Å²) in [6.45, 7) is 3.59. The SMILES string of the molecule is CC(C)(CN)NS(=O)(=O)C1CCS(=O)(=O)CC1. The fourth-order valence-electron chi connectivity index (χ4n) is 1.69. The summed E-state index contributed by atoms with van der Waals surface area (Å²) in [6.07, 6.45) is 0.330. The van der Waals surface area contributed by atoms with Gasteiger partial charge in [0.15, 0.2) is 0 Å². The van der Waals surface area contributed by atoms with Crippen LogP contribution >= 0.6 is 0 Å². The predicted octanol–water partition coefficient (Wildman–Crippen LogP) is -0.780. The third-order valence-corrected chi connectivity index (χ3v) is 6.77. The van der Waals surface area contributed by atoms with Crippen LogP contribution in [0.1, 0.15) is 26.7 Å². The monoisotopic (exact) mass is 284 g/mol. The molecule has 0 aromatic carbocycles. The molecule has 3 N–H and O–H groups in total. The molecule has 6 nitrogen and oxygen atoms in total. The summed E-state index contributed by atoms with van der Waals surface area (Å²) in [5.74, 6) is -0.108. The Hall–Kier alpha value is -0.180. The van der Waals surface area contributed by atoms with Crippen LogP contribution in [-0.4, -0.2) is 45.7 Å².